The predicted octanol–water partition coefficient (Wildman–Crippen LogP) is -0.516. The number of carbonyl (C=O) groups excluding carboxylic acids is 1. The van der Waals surface area contributed by atoms with Crippen molar-refractivity contribution in [2.24, 2.45) is 0 Å². The van der Waals surface area contributed by atoms with Crippen LogP contribution in [-0.4, -0.2) is 32.8 Å². The summed E-state index contributed by atoms with van der Waals surface area (Å²) >= 11 is 0. The fourth-order valence-electron chi connectivity index (χ4n) is 0.997. The topological polar surface area (TPSA) is 72.2 Å². The molecule has 1 N–H and O–H groups in total. The molecule has 0 radical (unpaired) electrons. The Hall–Kier alpha value is -1.98. The van der Waals surface area contributed by atoms with Crippen molar-refractivity contribution in [3.05, 3.63) is 24.2 Å². The van der Waals surface area contributed by atoms with Crippen LogP contribution in [0.15, 0.2) is 18.3 Å². The predicted molar refractivity (Wildman–Crippen MR) is 44.2 cm³/mol. The highest BCUT2D eigenvalue weighted by molar-refractivity contribution is 5.90. The molecule has 0 aromatic carbocycles. The molecule has 0 unspecified atom stereocenters. The number of carbonyl (C=O) groups is 1. The van der Waals surface area contributed by atoms with E-state index in [1.807, 2.05) is 0 Å². The average molecular weight is 177 g/mol. The van der Waals surface area contributed by atoms with E-state index in [4.69, 9.17) is 0 Å². The first-order valence-electron chi connectivity index (χ1n) is 3.71. The van der Waals surface area contributed by atoms with Crippen molar-refractivity contribution in [1.82, 2.24) is 25.1 Å². The molecule has 2 heterocycles. The Bertz CT molecular complexity index is 449. The van der Waals surface area contributed by atoms with Crippen LogP contribution in [0, 0.1) is 0 Å². The van der Waals surface area contributed by atoms with Gasteiger partial charge < -0.3 is 5.32 Å². The second kappa shape index (κ2) is 2.81. The van der Waals surface area contributed by atoms with Crippen molar-refractivity contribution in [2.75, 3.05) is 7.05 Å². The molecule has 0 bridgehead atoms. The van der Waals surface area contributed by atoms with Gasteiger partial charge in [-0.25, -0.2) is 0 Å². The molecule has 0 saturated heterocycles. The third-order valence-corrected chi connectivity index (χ3v) is 1.61. The summed E-state index contributed by atoms with van der Waals surface area (Å²) in [6, 6.07) is 3.46. The zero-order valence-corrected chi connectivity index (χ0v) is 6.93. The number of amides is 1. The van der Waals surface area contributed by atoms with Crippen LogP contribution in [0.5, 0.6) is 0 Å². The fraction of sp³-hybridized carbons (Fsp3) is 0.143. The smallest absolute Gasteiger partial charge is 0.290 e. The van der Waals surface area contributed by atoms with E-state index < -0.39 is 0 Å². The van der Waals surface area contributed by atoms with Crippen molar-refractivity contribution < 1.29 is 4.79 Å². The van der Waals surface area contributed by atoms with E-state index in [0.717, 1.165) is 0 Å². The standard InChI is InChI=1S/C7H7N5O/c1-8-7(13)6-11-10-5-3-2-4-9-12(5)6/h2-4H,1H3,(H,8,13). The molecule has 0 fully saturated rings. The Balaban J connectivity index is 2.64. The zero-order chi connectivity index (χ0) is 9.26. The highest BCUT2D eigenvalue weighted by atomic mass is 16.2. The summed E-state index contributed by atoms with van der Waals surface area (Å²) in [5, 5.41) is 13.9. The number of aromatic nitrogens is 4. The van der Waals surface area contributed by atoms with Crippen molar-refractivity contribution in [3.8, 4) is 0 Å². The number of hydrogen-bond acceptors (Lipinski definition) is 4. The Morgan fingerprint density at radius 3 is 3.15 bits per heavy atom. The van der Waals surface area contributed by atoms with Crippen LogP contribution in [-0.2, 0) is 0 Å². The van der Waals surface area contributed by atoms with Crippen LogP contribution in [0.25, 0.3) is 5.65 Å². The first kappa shape index (κ1) is 7.66. The average Bonchev–Trinajstić information content (AvgIpc) is 2.60. The summed E-state index contributed by atoms with van der Waals surface area (Å²) in [7, 11) is 1.53. The van der Waals surface area contributed by atoms with Crippen LogP contribution in [0.2, 0.25) is 0 Å². The van der Waals surface area contributed by atoms with E-state index in [2.05, 4.69) is 20.6 Å². The van der Waals surface area contributed by atoms with Gasteiger partial charge in [0.1, 0.15) is 0 Å². The van der Waals surface area contributed by atoms with E-state index in [1.54, 1.807) is 18.3 Å². The maximum absolute atomic E-state index is 11.2. The van der Waals surface area contributed by atoms with Crippen LogP contribution in [0.3, 0.4) is 0 Å². The molecule has 1 amide bonds. The Morgan fingerprint density at radius 2 is 2.38 bits per heavy atom. The second-order valence-corrected chi connectivity index (χ2v) is 2.40. The lowest BCUT2D eigenvalue weighted by molar-refractivity contribution is 0.0950. The van der Waals surface area contributed by atoms with Gasteiger partial charge in [0.05, 0.1) is 0 Å². The lowest BCUT2D eigenvalue weighted by Crippen LogP contribution is -2.21. The van der Waals surface area contributed by atoms with E-state index in [1.165, 1.54) is 11.6 Å². The van der Waals surface area contributed by atoms with Crippen molar-refractivity contribution in [3.63, 3.8) is 0 Å². The van der Waals surface area contributed by atoms with Gasteiger partial charge in [0.2, 0.25) is 5.82 Å². The van der Waals surface area contributed by atoms with Crippen molar-refractivity contribution in [1.29, 1.82) is 0 Å². The van der Waals surface area contributed by atoms with E-state index in [-0.39, 0.29) is 11.7 Å². The summed E-state index contributed by atoms with van der Waals surface area (Å²) in [5.41, 5.74) is 0.557. The first-order valence-corrected chi connectivity index (χ1v) is 3.71. The summed E-state index contributed by atoms with van der Waals surface area (Å²) in [4.78, 5) is 11.2. The molecule has 2 rings (SSSR count). The molecule has 0 aliphatic carbocycles. The van der Waals surface area contributed by atoms with Gasteiger partial charge >= 0.3 is 0 Å². The number of fused-ring (bicyclic) bond motifs is 1. The summed E-state index contributed by atoms with van der Waals surface area (Å²) in [6.07, 6.45) is 1.57. The van der Waals surface area contributed by atoms with E-state index in [9.17, 15) is 4.79 Å². The van der Waals surface area contributed by atoms with Gasteiger partial charge in [0.15, 0.2) is 5.65 Å². The minimum atomic E-state index is -0.300. The molecule has 2 aromatic heterocycles. The molecule has 0 aliphatic heterocycles. The van der Waals surface area contributed by atoms with Crippen molar-refractivity contribution in [2.45, 2.75) is 0 Å². The van der Waals surface area contributed by atoms with Crippen molar-refractivity contribution >= 4 is 11.6 Å². The Morgan fingerprint density at radius 1 is 1.54 bits per heavy atom. The van der Waals surface area contributed by atoms with Gasteiger partial charge in [0, 0.05) is 13.2 Å². The third kappa shape index (κ3) is 1.12. The monoisotopic (exact) mass is 177 g/mol. The van der Waals surface area contributed by atoms with Crippen LogP contribution >= 0.6 is 0 Å². The highest BCUT2D eigenvalue weighted by Crippen LogP contribution is 1.98. The number of rotatable bonds is 1. The van der Waals surface area contributed by atoms with Gasteiger partial charge in [-0.3, -0.25) is 4.79 Å². The quantitative estimate of drug-likeness (QED) is 0.636. The fourth-order valence-corrected chi connectivity index (χ4v) is 0.997. The second-order valence-electron chi connectivity index (χ2n) is 2.40. The molecule has 13 heavy (non-hydrogen) atoms. The summed E-state index contributed by atoms with van der Waals surface area (Å²) < 4.78 is 1.39. The highest BCUT2D eigenvalue weighted by Gasteiger charge is 2.12. The minimum Gasteiger partial charge on any atom is -0.352 e. The summed E-state index contributed by atoms with van der Waals surface area (Å²) in [5.74, 6) is -0.107. The molecule has 0 aliphatic rings. The maximum Gasteiger partial charge on any atom is 0.290 e. The van der Waals surface area contributed by atoms with E-state index in [0.29, 0.717) is 5.65 Å². The minimum absolute atomic E-state index is 0.193. The van der Waals surface area contributed by atoms with Crippen LogP contribution < -0.4 is 5.32 Å². The molecular weight excluding hydrogens is 170 g/mol. The number of nitrogens with one attached hydrogen (secondary N) is 1. The SMILES string of the molecule is CNC(=O)c1nnc2cccnn12. The van der Waals surface area contributed by atoms with Gasteiger partial charge in [0.25, 0.3) is 5.91 Å². The molecule has 6 heteroatoms. The van der Waals surface area contributed by atoms with Crippen LogP contribution in [0.1, 0.15) is 10.6 Å². The van der Waals surface area contributed by atoms with Gasteiger partial charge in [-0.2, -0.15) is 9.61 Å². The largest absolute Gasteiger partial charge is 0.352 e. The molecule has 0 spiro atoms. The number of hydrogen-bond donors (Lipinski definition) is 1. The Kier molecular flexibility index (Phi) is 1.66. The molecule has 2 aromatic rings. The lowest BCUT2D eigenvalue weighted by Gasteiger charge is -1.94. The van der Waals surface area contributed by atoms with Gasteiger partial charge in [-0.1, -0.05) is 0 Å². The molecule has 0 atom stereocenters. The molecule has 66 valence electrons. The molecule has 6 nitrogen and oxygen atoms in total. The normalized spacial score (nSPS) is 10.2. The number of nitrogens with zero attached hydrogens (tertiary/aromatic N) is 4. The van der Waals surface area contributed by atoms with Gasteiger partial charge in [-0.05, 0) is 12.1 Å². The van der Waals surface area contributed by atoms with Crippen LogP contribution in [0.4, 0.5) is 0 Å². The zero-order valence-electron chi connectivity index (χ0n) is 6.93. The van der Waals surface area contributed by atoms with E-state index >= 15 is 0 Å². The first-order chi connectivity index (χ1) is 6.33. The maximum atomic E-state index is 11.2. The third-order valence-electron chi connectivity index (χ3n) is 1.61. The molecular formula is C7H7N5O. The van der Waals surface area contributed by atoms with Gasteiger partial charge in [-0.15, -0.1) is 10.2 Å². The summed E-state index contributed by atoms with van der Waals surface area (Å²) in [6.45, 7) is 0. The lowest BCUT2D eigenvalue weighted by atomic mass is 10.5. The Labute approximate surface area is 73.6 Å². The molecule has 0 saturated carbocycles.